The highest BCUT2D eigenvalue weighted by molar-refractivity contribution is 7.71. The van der Waals surface area contributed by atoms with Gasteiger partial charge in [0.05, 0.1) is 5.69 Å². The first-order valence-corrected chi connectivity index (χ1v) is 6.06. The van der Waals surface area contributed by atoms with Crippen LogP contribution in [0.4, 0.5) is 0 Å². The van der Waals surface area contributed by atoms with Gasteiger partial charge in [0, 0.05) is 12.4 Å². The Bertz CT molecular complexity index is 515. The molecule has 0 unspecified atom stereocenters. The zero-order valence-corrected chi connectivity index (χ0v) is 10.5. The third-order valence-electron chi connectivity index (χ3n) is 2.86. The van der Waals surface area contributed by atoms with Crippen LogP contribution in [0.25, 0.3) is 5.69 Å². The summed E-state index contributed by atoms with van der Waals surface area (Å²) in [5, 5.41) is 0. The molecule has 0 aliphatic carbocycles. The standard InChI is InChI=1S/C13H16N2S/c1-3-10-6-5-7-11(4-2)12(10)15-9-8-14-13(15)16/h5-9H,3-4H2,1-2H3,(H,14,16). The van der Waals surface area contributed by atoms with E-state index in [0.29, 0.717) is 0 Å². The smallest absolute Gasteiger partial charge is 0.181 e. The maximum Gasteiger partial charge on any atom is 0.181 e. The predicted octanol–water partition coefficient (Wildman–Crippen LogP) is 3.66. The second kappa shape index (κ2) is 4.66. The van der Waals surface area contributed by atoms with Gasteiger partial charge in [-0.1, -0.05) is 32.0 Å². The normalized spacial score (nSPS) is 10.6. The highest BCUT2D eigenvalue weighted by Gasteiger charge is 2.08. The van der Waals surface area contributed by atoms with E-state index in [4.69, 9.17) is 12.2 Å². The van der Waals surface area contributed by atoms with E-state index in [1.807, 2.05) is 12.4 Å². The van der Waals surface area contributed by atoms with Crippen molar-refractivity contribution >= 4 is 12.2 Å². The Morgan fingerprint density at radius 2 is 1.81 bits per heavy atom. The van der Waals surface area contributed by atoms with Gasteiger partial charge in [-0.05, 0) is 36.2 Å². The van der Waals surface area contributed by atoms with Gasteiger partial charge in [-0.25, -0.2) is 0 Å². The minimum atomic E-state index is 0.760. The molecule has 2 rings (SSSR count). The van der Waals surface area contributed by atoms with Crippen molar-refractivity contribution in [1.82, 2.24) is 9.55 Å². The van der Waals surface area contributed by atoms with Gasteiger partial charge in [0.1, 0.15) is 0 Å². The number of H-pyrrole nitrogens is 1. The summed E-state index contributed by atoms with van der Waals surface area (Å²) in [7, 11) is 0. The fourth-order valence-electron chi connectivity index (χ4n) is 2.02. The van der Waals surface area contributed by atoms with Crippen LogP contribution < -0.4 is 0 Å². The van der Waals surface area contributed by atoms with Crippen LogP contribution in [0.2, 0.25) is 0 Å². The molecule has 2 nitrogen and oxygen atoms in total. The van der Waals surface area contributed by atoms with Crippen molar-refractivity contribution in [1.29, 1.82) is 0 Å². The highest BCUT2D eigenvalue weighted by Crippen LogP contribution is 2.21. The number of hydrogen-bond acceptors (Lipinski definition) is 1. The molecular formula is C13H16N2S. The molecule has 0 bridgehead atoms. The molecule has 0 spiro atoms. The molecule has 0 saturated carbocycles. The third kappa shape index (κ3) is 1.83. The lowest BCUT2D eigenvalue weighted by molar-refractivity contribution is 0.950. The molecular weight excluding hydrogens is 216 g/mol. The highest BCUT2D eigenvalue weighted by atomic mass is 32.1. The summed E-state index contributed by atoms with van der Waals surface area (Å²) in [6, 6.07) is 6.46. The van der Waals surface area contributed by atoms with E-state index in [0.717, 1.165) is 17.6 Å². The van der Waals surface area contributed by atoms with Crippen LogP contribution in [0.1, 0.15) is 25.0 Å². The second-order valence-electron chi connectivity index (χ2n) is 3.77. The molecule has 0 aliphatic heterocycles. The summed E-state index contributed by atoms with van der Waals surface area (Å²) >= 11 is 5.29. The Balaban J connectivity index is 2.71. The molecule has 0 atom stereocenters. The molecule has 0 aliphatic rings. The second-order valence-corrected chi connectivity index (χ2v) is 4.15. The van der Waals surface area contributed by atoms with Gasteiger partial charge in [-0.15, -0.1) is 0 Å². The van der Waals surface area contributed by atoms with E-state index in [1.165, 1.54) is 16.8 Å². The summed E-state index contributed by atoms with van der Waals surface area (Å²) in [4.78, 5) is 3.05. The third-order valence-corrected chi connectivity index (χ3v) is 3.17. The average molecular weight is 232 g/mol. The minimum absolute atomic E-state index is 0.760. The lowest BCUT2D eigenvalue weighted by Crippen LogP contribution is -2.02. The van der Waals surface area contributed by atoms with Gasteiger partial charge < -0.3 is 4.98 Å². The molecule has 1 N–H and O–H groups in total. The molecule has 0 fully saturated rings. The summed E-state index contributed by atoms with van der Waals surface area (Å²) in [6.45, 7) is 4.35. The van der Waals surface area contributed by atoms with Crippen molar-refractivity contribution in [3.63, 3.8) is 0 Å². The maximum absolute atomic E-state index is 5.29. The first kappa shape index (κ1) is 11.1. The number of hydrogen-bond donors (Lipinski definition) is 1. The molecule has 16 heavy (non-hydrogen) atoms. The van der Waals surface area contributed by atoms with Crippen molar-refractivity contribution in [2.45, 2.75) is 26.7 Å². The Kier molecular flexibility index (Phi) is 3.25. The lowest BCUT2D eigenvalue weighted by Gasteiger charge is -2.13. The van der Waals surface area contributed by atoms with Crippen LogP contribution in [0.3, 0.4) is 0 Å². The van der Waals surface area contributed by atoms with E-state index < -0.39 is 0 Å². The van der Waals surface area contributed by atoms with Gasteiger partial charge in [-0.3, -0.25) is 4.57 Å². The van der Waals surface area contributed by atoms with Gasteiger partial charge in [0.15, 0.2) is 4.77 Å². The number of nitrogens with one attached hydrogen (secondary N) is 1. The van der Waals surface area contributed by atoms with Crippen LogP contribution in [0.15, 0.2) is 30.6 Å². The molecule has 1 aromatic carbocycles. The van der Waals surface area contributed by atoms with Crippen molar-refractivity contribution in [3.8, 4) is 5.69 Å². The van der Waals surface area contributed by atoms with Gasteiger partial charge >= 0.3 is 0 Å². The number of benzene rings is 1. The first-order valence-electron chi connectivity index (χ1n) is 5.65. The van der Waals surface area contributed by atoms with E-state index in [9.17, 15) is 0 Å². The zero-order chi connectivity index (χ0) is 11.5. The monoisotopic (exact) mass is 232 g/mol. The average Bonchev–Trinajstić information content (AvgIpc) is 2.74. The summed E-state index contributed by atoms with van der Waals surface area (Å²) in [5.41, 5.74) is 3.93. The Labute approximate surface area is 101 Å². The largest absolute Gasteiger partial charge is 0.337 e. The molecule has 0 saturated heterocycles. The van der Waals surface area contributed by atoms with Gasteiger partial charge in [-0.2, -0.15) is 0 Å². The molecule has 0 amide bonds. The molecule has 1 heterocycles. The summed E-state index contributed by atoms with van der Waals surface area (Å²) < 4.78 is 2.82. The van der Waals surface area contributed by atoms with Gasteiger partial charge in [0.25, 0.3) is 0 Å². The van der Waals surface area contributed by atoms with Crippen LogP contribution in [0.5, 0.6) is 0 Å². The summed E-state index contributed by atoms with van der Waals surface area (Å²) in [6.07, 6.45) is 5.93. The van der Waals surface area contributed by atoms with Crippen molar-refractivity contribution in [2.75, 3.05) is 0 Å². The van der Waals surface area contributed by atoms with Crippen LogP contribution in [-0.2, 0) is 12.8 Å². The number of para-hydroxylation sites is 1. The number of rotatable bonds is 3. The first-order chi connectivity index (χ1) is 7.77. The fourth-order valence-corrected chi connectivity index (χ4v) is 2.24. The topological polar surface area (TPSA) is 20.7 Å². The molecule has 84 valence electrons. The Hall–Kier alpha value is -1.35. The molecule has 3 heteroatoms. The number of imidazole rings is 1. The van der Waals surface area contributed by atoms with Crippen molar-refractivity contribution in [2.24, 2.45) is 0 Å². The Morgan fingerprint density at radius 1 is 1.19 bits per heavy atom. The molecule has 1 aromatic heterocycles. The number of aryl methyl sites for hydroxylation is 2. The Morgan fingerprint density at radius 3 is 2.25 bits per heavy atom. The summed E-state index contributed by atoms with van der Waals surface area (Å²) in [5.74, 6) is 0. The zero-order valence-electron chi connectivity index (χ0n) is 9.66. The number of aromatic amines is 1. The van der Waals surface area contributed by atoms with E-state index in [2.05, 4.69) is 41.6 Å². The SMILES string of the molecule is CCc1cccc(CC)c1-n1cc[nH]c1=S. The molecule has 0 radical (unpaired) electrons. The van der Waals surface area contributed by atoms with E-state index in [1.54, 1.807) is 0 Å². The van der Waals surface area contributed by atoms with E-state index in [-0.39, 0.29) is 0 Å². The lowest BCUT2D eigenvalue weighted by atomic mass is 10.0. The maximum atomic E-state index is 5.29. The van der Waals surface area contributed by atoms with Gasteiger partial charge in [0.2, 0.25) is 0 Å². The van der Waals surface area contributed by atoms with Crippen LogP contribution >= 0.6 is 12.2 Å². The minimum Gasteiger partial charge on any atom is -0.337 e. The quantitative estimate of drug-likeness (QED) is 0.801. The molecule has 2 aromatic rings. The fraction of sp³-hybridized carbons (Fsp3) is 0.308. The number of aromatic nitrogens is 2. The van der Waals surface area contributed by atoms with E-state index >= 15 is 0 Å². The van der Waals surface area contributed by atoms with Crippen LogP contribution in [0, 0.1) is 4.77 Å². The predicted molar refractivity (Wildman–Crippen MR) is 69.7 cm³/mol. The number of nitrogens with zero attached hydrogens (tertiary/aromatic N) is 1. The van der Waals surface area contributed by atoms with Crippen LogP contribution in [-0.4, -0.2) is 9.55 Å². The van der Waals surface area contributed by atoms with Crippen molar-refractivity contribution < 1.29 is 0 Å². The van der Waals surface area contributed by atoms with Crippen molar-refractivity contribution in [3.05, 3.63) is 46.5 Å².